The van der Waals surface area contributed by atoms with Crippen molar-refractivity contribution in [3.05, 3.63) is 28.2 Å². The Balaban J connectivity index is 1.99. The van der Waals surface area contributed by atoms with Gasteiger partial charge < -0.3 is 14.8 Å². The third-order valence-electron chi connectivity index (χ3n) is 3.05. The smallest absolute Gasteiger partial charge is 0.138 e. The van der Waals surface area contributed by atoms with Crippen LogP contribution >= 0.6 is 15.9 Å². The second kappa shape index (κ2) is 7.12. The number of hydrogen-bond donors (Lipinski definition) is 1. The van der Waals surface area contributed by atoms with Crippen molar-refractivity contribution in [2.45, 2.75) is 32.4 Å². The lowest BCUT2D eigenvalue weighted by Crippen LogP contribution is -2.18. The first-order chi connectivity index (χ1) is 8.81. The Morgan fingerprint density at radius 2 is 2.39 bits per heavy atom. The number of hydrogen-bond acceptors (Lipinski definition) is 3. The van der Waals surface area contributed by atoms with E-state index in [1.165, 1.54) is 5.56 Å². The second-order valence-corrected chi connectivity index (χ2v) is 5.31. The van der Waals surface area contributed by atoms with Gasteiger partial charge in [-0.25, -0.2) is 0 Å². The van der Waals surface area contributed by atoms with Gasteiger partial charge in [0.1, 0.15) is 12.4 Å². The summed E-state index contributed by atoms with van der Waals surface area (Å²) in [5, 5.41) is 3.33. The van der Waals surface area contributed by atoms with Crippen LogP contribution in [0.15, 0.2) is 22.7 Å². The minimum absolute atomic E-state index is 0.254. The highest BCUT2D eigenvalue weighted by molar-refractivity contribution is 9.10. The zero-order chi connectivity index (χ0) is 12.8. The Morgan fingerprint density at radius 1 is 1.50 bits per heavy atom. The maximum Gasteiger partial charge on any atom is 0.138 e. The molecule has 2 rings (SSSR count). The third-order valence-corrected chi connectivity index (χ3v) is 3.68. The molecular formula is C14H20BrNO2. The molecular weight excluding hydrogens is 294 g/mol. The molecule has 1 fully saturated rings. The summed E-state index contributed by atoms with van der Waals surface area (Å²) in [4.78, 5) is 0. The van der Waals surface area contributed by atoms with E-state index in [4.69, 9.17) is 9.47 Å². The highest BCUT2D eigenvalue weighted by Gasteiger charge is 2.17. The average Bonchev–Trinajstić information content (AvgIpc) is 2.88. The van der Waals surface area contributed by atoms with Crippen molar-refractivity contribution in [2.24, 2.45) is 0 Å². The van der Waals surface area contributed by atoms with Gasteiger partial charge in [-0.3, -0.25) is 0 Å². The number of nitrogens with one attached hydrogen (secondary N) is 1. The van der Waals surface area contributed by atoms with E-state index in [2.05, 4.69) is 34.2 Å². The highest BCUT2D eigenvalue weighted by atomic mass is 79.9. The molecule has 1 aromatic rings. The molecule has 1 aromatic carbocycles. The van der Waals surface area contributed by atoms with Gasteiger partial charge in [0.2, 0.25) is 0 Å². The summed E-state index contributed by atoms with van der Waals surface area (Å²) < 4.78 is 12.5. The maximum atomic E-state index is 5.94. The van der Waals surface area contributed by atoms with Gasteiger partial charge >= 0.3 is 0 Å². The average molecular weight is 314 g/mol. The van der Waals surface area contributed by atoms with E-state index >= 15 is 0 Å². The van der Waals surface area contributed by atoms with Crippen molar-refractivity contribution >= 4 is 15.9 Å². The van der Waals surface area contributed by atoms with Crippen LogP contribution in [0.5, 0.6) is 5.75 Å². The Morgan fingerprint density at radius 3 is 3.11 bits per heavy atom. The molecule has 1 atom stereocenters. The lowest BCUT2D eigenvalue weighted by molar-refractivity contribution is 0.0673. The van der Waals surface area contributed by atoms with Crippen molar-refractivity contribution in [3.8, 4) is 5.75 Å². The fraction of sp³-hybridized carbons (Fsp3) is 0.571. The fourth-order valence-electron chi connectivity index (χ4n) is 2.07. The van der Waals surface area contributed by atoms with E-state index in [-0.39, 0.29) is 6.10 Å². The van der Waals surface area contributed by atoms with Gasteiger partial charge in [-0.1, -0.05) is 19.1 Å². The Hall–Kier alpha value is -0.580. The van der Waals surface area contributed by atoms with Crippen LogP contribution in [0.2, 0.25) is 0 Å². The molecule has 1 saturated heterocycles. The zero-order valence-electron chi connectivity index (χ0n) is 10.7. The predicted octanol–water partition coefficient (Wildman–Crippen LogP) is 3.12. The zero-order valence-corrected chi connectivity index (χ0v) is 12.3. The monoisotopic (exact) mass is 313 g/mol. The summed E-state index contributed by atoms with van der Waals surface area (Å²) in [5.74, 6) is 0.939. The molecule has 1 aliphatic rings. The van der Waals surface area contributed by atoms with E-state index in [0.717, 1.165) is 42.8 Å². The molecule has 0 spiro atoms. The molecule has 18 heavy (non-hydrogen) atoms. The molecule has 1 N–H and O–H groups in total. The van der Waals surface area contributed by atoms with E-state index in [9.17, 15) is 0 Å². The Bertz CT molecular complexity index is 378. The summed E-state index contributed by atoms with van der Waals surface area (Å²) >= 11 is 3.56. The maximum absolute atomic E-state index is 5.94. The van der Waals surface area contributed by atoms with Crippen molar-refractivity contribution in [3.63, 3.8) is 0 Å². The van der Waals surface area contributed by atoms with Gasteiger partial charge in [0.25, 0.3) is 0 Å². The number of ether oxygens (including phenoxy) is 2. The largest absolute Gasteiger partial charge is 0.489 e. The summed E-state index contributed by atoms with van der Waals surface area (Å²) in [6.45, 7) is 5.40. The molecule has 0 radical (unpaired) electrons. The van der Waals surface area contributed by atoms with Crippen LogP contribution in [0.25, 0.3) is 0 Å². The summed E-state index contributed by atoms with van der Waals surface area (Å²) in [6.07, 6.45) is 2.51. The molecule has 100 valence electrons. The highest BCUT2D eigenvalue weighted by Crippen LogP contribution is 2.29. The van der Waals surface area contributed by atoms with Gasteiger partial charge in [-0.15, -0.1) is 0 Å². The minimum atomic E-state index is 0.254. The number of benzene rings is 1. The van der Waals surface area contributed by atoms with Crippen LogP contribution in [0.4, 0.5) is 0 Å². The fourth-order valence-corrected chi connectivity index (χ4v) is 2.59. The normalized spacial score (nSPS) is 19.1. The molecule has 1 aliphatic heterocycles. The van der Waals surface area contributed by atoms with Crippen LogP contribution in [0, 0.1) is 0 Å². The van der Waals surface area contributed by atoms with Crippen LogP contribution in [-0.2, 0) is 11.3 Å². The van der Waals surface area contributed by atoms with Gasteiger partial charge in [-0.2, -0.15) is 0 Å². The summed E-state index contributed by atoms with van der Waals surface area (Å²) in [6, 6.07) is 6.15. The van der Waals surface area contributed by atoms with Crippen molar-refractivity contribution in [2.75, 3.05) is 19.8 Å². The minimum Gasteiger partial charge on any atom is -0.489 e. The van der Waals surface area contributed by atoms with E-state index in [1.54, 1.807) is 0 Å². The van der Waals surface area contributed by atoms with Crippen molar-refractivity contribution < 1.29 is 9.47 Å². The molecule has 0 aromatic heterocycles. The molecule has 1 heterocycles. The van der Waals surface area contributed by atoms with E-state index < -0.39 is 0 Å². The van der Waals surface area contributed by atoms with Gasteiger partial charge in [0.15, 0.2) is 0 Å². The third kappa shape index (κ3) is 3.70. The standard InChI is InChI=1S/C14H20BrNO2/c1-2-16-9-11-5-3-7-13(15)14(11)18-10-12-6-4-8-17-12/h3,5,7,12,16H,2,4,6,8-10H2,1H3. The predicted molar refractivity (Wildman–Crippen MR) is 76.0 cm³/mol. The van der Waals surface area contributed by atoms with Crippen LogP contribution < -0.4 is 10.1 Å². The quantitative estimate of drug-likeness (QED) is 0.875. The molecule has 0 bridgehead atoms. The number of rotatable bonds is 6. The SMILES string of the molecule is CCNCc1cccc(Br)c1OCC1CCCO1. The molecule has 1 unspecified atom stereocenters. The topological polar surface area (TPSA) is 30.5 Å². The molecule has 3 nitrogen and oxygen atoms in total. The summed E-state index contributed by atoms with van der Waals surface area (Å²) in [5.41, 5.74) is 1.18. The lowest BCUT2D eigenvalue weighted by Gasteiger charge is -2.16. The summed E-state index contributed by atoms with van der Waals surface area (Å²) in [7, 11) is 0. The molecule has 0 saturated carbocycles. The molecule has 0 aliphatic carbocycles. The number of halogens is 1. The Labute approximate surface area is 117 Å². The van der Waals surface area contributed by atoms with Crippen molar-refractivity contribution in [1.29, 1.82) is 0 Å². The molecule has 0 amide bonds. The second-order valence-electron chi connectivity index (χ2n) is 4.45. The number of para-hydroxylation sites is 1. The van der Waals surface area contributed by atoms with E-state index in [0.29, 0.717) is 6.61 Å². The first-order valence-electron chi connectivity index (χ1n) is 6.53. The Kier molecular flexibility index (Phi) is 5.47. The first kappa shape index (κ1) is 13.8. The van der Waals surface area contributed by atoms with E-state index in [1.807, 2.05) is 12.1 Å². The van der Waals surface area contributed by atoms with Crippen LogP contribution in [-0.4, -0.2) is 25.9 Å². The van der Waals surface area contributed by atoms with Crippen LogP contribution in [0.3, 0.4) is 0 Å². The molecule has 4 heteroatoms. The van der Waals surface area contributed by atoms with Gasteiger partial charge in [0, 0.05) is 18.7 Å². The van der Waals surface area contributed by atoms with Crippen molar-refractivity contribution in [1.82, 2.24) is 5.32 Å². The van der Waals surface area contributed by atoms with Crippen LogP contribution in [0.1, 0.15) is 25.3 Å². The van der Waals surface area contributed by atoms with Gasteiger partial charge in [0.05, 0.1) is 10.6 Å². The lowest BCUT2D eigenvalue weighted by atomic mass is 10.2. The first-order valence-corrected chi connectivity index (χ1v) is 7.33. The van der Waals surface area contributed by atoms with Gasteiger partial charge in [-0.05, 0) is 41.4 Å².